The molecule has 0 aromatic carbocycles. The molecular formula is C17H36O2Si. The smallest absolute Gasteiger partial charge is 0.341 e. The first-order valence-corrected chi connectivity index (χ1v) is 10.9. The molecule has 1 fully saturated rings. The van der Waals surface area contributed by atoms with Crippen LogP contribution >= 0.6 is 0 Å². The van der Waals surface area contributed by atoms with Gasteiger partial charge in [0, 0.05) is 19.8 Å². The lowest BCUT2D eigenvalue weighted by Gasteiger charge is -2.38. The Kier molecular flexibility index (Phi) is 9.06. The van der Waals surface area contributed by atoms with Crippen LogP contribution in [0.25, 0.3) is 0 Å². The molecule has 1 unspecified atom stereocenters. The van der Waals surface area contributed by atoms with Gasteiger partial charge >= 0.3 is 8.56 Å². The Bertz CT molecular complexity index is 233. The zero-order chi connectivity index (χ0) is 14.8. The summed E-state index contributed by atoms with van der Waals surface area (Å²) >= 11 is 0. The molecule has 0 aromatic rings. The van der Waals surface area contributed by atoms with E-state index >= 15 is 0 Å². The molecule has 1 saturated carbocycles. The largest absolute Gasteiger partial charge is 0.397 e. The van der Waals surface area contributed by atoms with E-state index < -0.39 is 8.56 Å². The van der Waals surface area contributed by atoms with Crippen molar-refractivity contribution in [2.45, 2.75) is 89.6 Å². The quantitative estimate of drug-likeness (QED) is 0.538. The molecule has 0 radical (unpaired) electrons. The molecule has 1 aliphatic carbocycles. The summed E-state index contributed by atoms with van der Waals surface area (Å²) in [5, 5.41) is 0. The van der Waals surface area contributed by atoms with Gasteiger partial charge in [-0.1, -0.05) is 65.2 Å². The zero-order valence-corrected chi connectivity index (χ0v) is 15.2. The highest BCUT2D eigenvalue weighted by molar-refractivity contribution is 6.69. The van der Waals surface area contributed by atoms with Crippen molar-refractivity contribution in [2.24, 2.45) is 5.92 Å². The van der Waals surface area contributed by atoms with E-state index in [0.29, 0.717) is 5.54 Å². The third kappa shape index (κ3) is 5.49. The van der Waals surface area contributed by atoms with Gasteiger partial charge in [-0.05, 0) is 24.8 Å². The third-order valence-electron chi connectivity index (χ3n) is 5.10. The summed E-state index contributed by atoms with van der Waals surface area (Å²) in [6, 6.07) is 1.19. The Labute approximate surface area is 127 Å². The molecule has 0 saturated heterocycles. The van der Waals surface area contributed by atoms with Crippen molar-refractivity contribution < 1.29 is 8.85 Å². The van der Waals surface area contributed by atoms with Gasteiger partial charge in [-0.3, -0.25) is 0 Å². The molecule has 0 bridgehead atoms. The van der Waals surface area contributed by atoms with Crippen molar-refractivity contribution in [1.29, 1.82) is 0 Å². The number of unbranched alkanes of at least 4 members (excludes halogenated alkanes) is 1. The maximum Gasteiger partial charge on any atom is 0.341 e. The summed E-state index contributed by atoms with van der Waals surface area (Å²) in [6.07, 6.45) is 13.6. The number of hydrogen-bond acceptors (Lipinski definition) is 2. The van der Waals surface area contributed by atoms with Crippen LogP contribution in [0.1, 0.15) is 78.1 Å². The molecule has 0 heterocycles. The molecular weight excluding hydrogens is 264 g/mol. The Balaban J connectivity index is 2.66. The van der Waals surface area contributed by atoms with Crippen molar-refractivity contribution >= 4 is 8.56 Å². The molecule has 120 valence electrons. The minimum atomic E-state index is -2.01. The van der Waals surface area contributed by atoms with Crippen molar-refractivity contribution in [3.8, 4) is 0 Å². The van der Waals surface area contributed by atoms with Crippen LogP contribution in [0.2, 0.25) is 11.6 Å². The van der Waals surface area contributed by atoms with Gasteiger partial charge in [0.15, 0.2) is 0 Å². The Morgan fingerprint density at radius 3 is 2.05 bits per heavy atom. The maximum atomic E-state index is 6.09. The molecule has 0 spiro atoms. The van der Waals surface area contributed by atoms with Gasteiger partial charge in [-0.25, -0.2) is 0 Å². The van der Waals surface area contributed by atoms with Gasteiger partial charge in [-0.15, -0.1) is 0 Å². The van der Waals surface area contributed by atoms with E-state index in [1.807, 2.05) is 14.2 Å². The molecule has 2 nitrogen and oxygen atoms in total. The molecule has 3 heteroatoms. The Morgan fingerprint density at radius 2 is 1.55 bits per heavy atom. The van der Waals surface area contributed by atoms with Gasteiger partial charge in [0.05, 0.1) is 0 Å². The Hall–Kier alpha value is 0.137. The van der Waals surface area contributed by atoms with Gasteiger partial charge in [-0.2, -0.15) is 0 Å². The molecule has 0 N–H and O–H groups in total. The van der Waals surface area contributed by atoms with E-state index in [9.17, 15) is 0 Å². The van der Waals surface area contributed by atoms with E-state index in [0.717, 1.165) is 5.92 Å². The second kappa shape index (κ2) is 9.96. The zero-order valence-electron chi connectivity index (χ0n) is 14.2. The first-order chi connectivity index (χ1) is 9.68. The van der Waals surface area contributed by atoms with E-state index in [1.165, 1.54) is 70.3 Å². The molecule has 1 rings (SSSR count). The maximum absolute atomic E-state index is 6.09. The summed E-state index contributed by atoms with van der Waals surface area (Å²) in [5.41, 5.74) is 0.710. The first kappa shape index (κ1) is 18.2. The van der Waals surface area contributed by atoms with Crippen LogP contribution < -0.4 is 0 Å². The number of hydrogen-bond donors (Lipinski definition) is 0. The molecule has 1 aliphatic rings. The lowest BCUT2D eigenvalue weighted by molar-refractivity contribution is 0.212. The standard InChI is InChI=1S/C17H36O2Si/c1-5-6-12-16(2)15-20(18-3,19-4)17-13-10-8-7-9-11-14-17/h16-17H,5-15H2,1-4H3. The number of rotatable bonds is 8. The predicted molar refractivity (Wildman–Crippen MR) is 89.3 cm³/mol. The van der Waals surface area contributed by atoms with Crippen LogP contribution in [0.3, 0.4) is 0 Å². The van der Waals surface area contributed by atoms with Gasteiger partial charge in [0.1, 0.15) is 0 Å². The van der Waals surface area contributed by atoms with Gasteiger partial charge in [0.25, 0.3) is 0 Å². The van der Waals surface area contributed by atoms with Crippen molar-refractivity contribution in [2.75, 3.05) is 14.2 Å². The SMILES string of the molecule is CCCCC(C)C[Si](OC)(OC)C1CCCCCCC1. The minimum Gasteiger partial charge on any atom is -0.397 e. The molecule has 1 atom stereocenters. The van der Waals surface area contributed by atoms with E-state index in [2.05, 4.69) is 13.8 Å². The fraction of sp³-hybridized carbons (Fsp3) is 1.00. The molecule has 20 heavy (non-hydrogen) atoms. The van der Waals surface area contributed by atoms with Crippen LogP contribution in [0.5, 0.6) is 0 Å². The summed E-state index contributed by atoms with van der Waals surface area (Å²) in [4.78, 5) is 0. The van der Waals surface area contributed by atoms with Gasteiger partial charge < -0.3 is 8.85 Å². The molecule has 0 amide bonds. The normalized spacial score (nSPS) is 20.4. The van der Waals surface area contributed by atoms with Crippen LogP contribution in [-0.4, -0.2) is 22.8 Å². The van der Waals surface area contributed by atoms with Crippen molar-refractivity contribution in [3.63, 3.8) is 0 Å². The topological polar surface area (TPSA) is 18.5 Å². The summed E-state index contributed by atoms with van der Waals surface area (Å²) in [7, 11) is 1.80. The van der Waals surface area contributed by atoms with Crippen molar-refractivity contribution in [3.05, 3.63) is 0 Å². The predicted octanol–water partition coefficient (Wildman–Crippen LogP) is 5.66. The van der Waals surface area contributed by atoms with Crippen LogP contribution in [0, 0.1) is 5.92 Å². The first-order valence-electron chi connectivity index (χ1n) is 8.78. The second-order valence-corrected chi connectivity index (χ2v) is 10.4. The fourth-order valence-electron chi connectivity index (χ4n) is 3.79. The van der Waals surface area contributed by atoms with Crippen LogP contribution in [0.4, 0.5) is 0 Å². The van der Waals surface area contributed by atoms with Crippen molar-refractivity contribution in [1.82, 2.24) is 0 Å². The van der Waals surface area contributed by atoms with E-state index in [1.54, 1.807) is 0 Å². The average Bonchev–Trinajstić information content (AvgIpc) is 2.43. The second-order valence-electron chi connectivity index (χ2n) is 6.71. The molecule has 0 aliphatic heterocycles. The fourth-order valence-corrected chi connectivity index (χ4v) is 7.75. The molecule has 0 aromatic heterocycles. The van der Waals surface area contributed by atoms with Gasteiger partial charge in [0.2, 0.25) is 0 Å². The summed E-state index contributed by atoms with van der Waals surface area (Å²) < 4.78 is 12.2. The monoisotopic (exact) mass is 300 g/mol. The Morgan fingerprint density at radius 1 is 1.00 bits per heavy atom. The summed E-state index contributed by atoms with van der Waals surface area (Å²) in [6.45, 7) is 4.66. The highest BCUT2D eigenvalue weighted by Gasteiger charge is 2.44. The van der Waals surface area contributed by atoms with E-state index in [4.69, 9.17) is 8.85 Å². The summed E-state index contributed by atoms with van der Waals surface area (Å²) in [5.74, 6) is 0.743. The highest BCUT2D eigenvalue weighted by atomic mass is 28.4. The van der Waals surface area contributed by atoms with E-state index in [-0.39, 0.29) is 0 Å². The highest BCUT2D eigenvalue weighted by Crippen LogP contribution is 2.40. The van der Waals surface area contributed by atoms with Crippen LogP contribution in [0.15, 0.2) is 0 Å². The lowest BCUT2D eigenvalue weighted by atomic mass is 10.0. The average molecular weight is 301 g/mol. The van der Waals surface area contributed by atoms with Crippen LogP contribution in [-0.2, 0) is 8.85 Å². The third-order valence-corrected chi connectivity index (χ3v) is 9.57. The minimum absolute atomic E-state index is 0.710. The lowest BCUT2D eigenvalue weighted by Crippen LogP contribution is -2.46.